The Hall–Kier alpha value is -0.840. The molecular formula is C17H24BrN3O. The number of carbonyl (C=O) groups is 1. The standard InChI is InChI=1S/C17H24BrN3O/c1-11-15(18)8-20-21(11)9-16(22)19-10-17-5-12-2-13(6-17)4-14(3-12)7-17/h8,12-14H,2-7,9-10H2,1H3,(H,19,22). The SMILES string of the molecule is Cc1c(Br)cnn1CC(=O)NCC12CC3CC(CC(C3)C1)C2. The summed E-state index contributed by atoms with van der Waals surface area (Å²) < 4.78 is 2.72. The predicted molar refractivity (Wildman–Crippen MR) is 88.3 cm³/mol. The molecule has 22 heavy (non-hydrogen) atoms. The Morgan fingerprint density at radius 3 is 2.41 bits per heavy atom. The first-order chi connectivity index (χ1) is 10.5. The van der Waals surface area contributed by atoms with Crippen LogP contribution in [0.15, 0.2) is 10.7 Å². The maximum absolute atomic E-state index is 12.3. The lowest BCUT2D eigenvalue weighted by molar-refractivity contribution is -0.124. The van der Waals surface area contributed by atoms with Gasteiger partial charge in [0.05, 0.1) is 16.4 Å². The smallest absolute Gasteiger partial charge is 0.241 e. The van der Waals surface area contributed by atoms with Crippen molar-refractivity contribution in [2.24, 2.45) is 23.2 Å². The molecule has 1 heterocycles. The molecule has 0 aliphatic heterocycles. The van der Waals surface area contributed by atoms with Crippen LogP contribution in [0.1, 0.15) is 44.2 Å². The second-order valence-electron chi connectivity index (χ2n) is 7.93. The van der Waals surface area contributed by atoms with E-state index in [1.165, 1.54) is 38.5 Å². The number of halogens is 1. The highest BCUT2D eigenvalue weighted by Gasteiger charge is 2.50. The normalized spacial score (nSPS) is 35.8. The van der Waals surface area contributed by atoms with Gasteiger partial charge in [0.25, 0.3) is 0 Å². The lowest BCUT2D eigenvalue weighted by atomic mass is 9.49. The molecule has 4 nitrogen and oxygen atoms in total. The van der Waals surface area contributed by atoms with E-state index in [1.54, 1.807) is 10.9 Å². The molecule has 1 N–H and O–H groups in total. The summed E-state index contributed by atoms with van der Waals surface area (Å²) in [6, 6.07) is 0. The molecule has 5 rings (SSSR count). The van der Waals surface area contributed by atoms with E-state index in [1.807, 2.05) is 6.92 Å². The zero-order chi connectivity index (χ0) is 15.3. The van der Waals surface area contributed by atoms with Crippen molar-refractivity contribution in [3.63, 3.8) is 0 Å². The first kappa shape index (κ1) is 14.7. The zero-order valence-electron chi connectivity index (χ0n) is 13.1. The fraction of sp³-hybridized carbons (Fsp3) is 0.765. The number of nitrogens with zero attached hydrogens (tertiary/aromatic N) is 2. The molecule has 5 heteroatoms. The van der Waals surface area contributed by atoms with E-state index in [0.717, 1.165) is 34.5 Å². The zero-order valence-corrected chi connectivity index (χ0v) is 14.7. The molecule has 1 aromatic heterocycles. The first-order valence-electron chi connectivity index (χ1n) is 8.48. The molecule has 120 valence electrons. The van der Waals surface area contributed by atoms with Crippen molar-refractivity contribution < 1.29 is 4.79 Å². The second kappa shape index (κ2) is 5.36. The van der Waals surface area contributed by atoms with Crippen molar-refractivity contribution >= 4 is 21.8 Å². The number of hydrogen-bond acceptors (Lipinski definition) is 2. The van der Waals surface area contributed by atoms with Gasteiger partial charge in [-0.15, -0.1) is 0 Å². The van der Waals surface area contributed by atoms with Gasteiger partial charge in [0.15, 0.2) is 0 Å². The van der Waals surface area contributed by atoms with Crippen LogP contribution in [0.5, 0.6) is 0 Å². The Kier molecular flexibility index (Phi) is 3.59. The molecule has 4 aliphatic rings. The molecule has 0 aromatic carbocycles. The molecule has 4 saturated carbocycles. The van der Waals surface area contributed by atoms with Gasteiger partial charge in [-0.3, -0.25) is 9.48 Å². The van der Waals surface area contributed by atoms with Gasteiger partial charge < -0.3 is 5.32 Å². The maximum atomic E-state index is 12.3. The van der Waals surface area contributed by atoms with Crippen LogP contribution in [0.25, 0.3) is 0 Å². The van der Waals surface area contributed by atoms with Gasteiger partial charge in [-0.1, -0.05) is 0 Å². The number of aromatic nitrogens is 2. The van der Waals surface area contributed by atoms with E-state index >= 15 is 0 Å². The Bertz CT molecular complexity index is 559. The minimum Gasteiger partial charge on any atom is -0.354 e. The summed E-state index contributed by atoms with van der Waals surface area (Å²) >= 11 is 3.44. The van der Waals surface area contributed by atoms with E-state index in [-0.39, 0.29) is 5.91 Å². The number of hydrogen-bond donors (Lipinski definition) is 1. The van der Waals surface area contributed by atoms with E-state index < -0.39 is 0 Å². The highest BCUT2D eigenvalue weighted by Crippen LogP contribution is 2.59. The molecule has 0 atom stereocenters. The number of amides is 1. The summed E-state index contributed by atoms with van der Waals surface area (Å²) in [5.41, 5.74) is 1.41. The summed E-state index contributed by atoms with van der Waals surface area (Å²) in [7, 11) is 0. The Morgan fingerprint density at radius 1 is 1.32 bits per heavy atom. The van der Waals surface area contributed by atoms with Crippen molar-refractivity contribution in [2.45, 2.75) is 52.0 Å². The number of carbonyl (C=O) groups excluding carboxylic acids is 1. The van der Waals surface area contributed by atoms with Gasteiger partial charge in [-0.25, -0.2) is 0 Å². The second-order valence-corrected chi connectivity index (χ2v) is 8.78. The lowest BCUT2D eigenvalue weighted by Gasteiger charge is -2.56. The maximum Gasteiger partial charge on any atom is 0.241 e. The van der Waals surface area contributed by atoms with Crippen molar-refractivity contribution in [3.8, 4) is 0 Å². The summed E-state index contributed by atoms with van der Waals surface area (Å²) in [4.78, 5) is 12.3. The van der Waals surface area contributed by atoms with Gasteiger partial charge in [-0.2, -0.15) is 5.10 Å². The Morgan fingerprint density at radius 2 is 1.91 bits per heavy atom. The number of rotatable bonds is 4. The van der Waals surface area contributed by atoms with Crippen LogP contribution in [0, 0.1) is 30.1 Å². The molecule has 4 aliphatic carbocycles. The minimum absolute atomic E-state index is 0.0921. The molecule has 0 radical (unpaired) electrons. The topological polar surface area (TPSA) is 46.9 Å². The summed E-state index contributed by atoms with van der Waals surface area (Å²) in [5, 5.41) is 7.45. The minimum atomic E-state index is 0.0921. The van der Waals surface area contributed by atoms with Crippen molar-refractivity contribution in [2.75, 3.05) is 6.54 Å². The lowest BCUT2D eigenvalue weighted by Crippen LogP contribution is -2.51. The fourth-order valence-corrected chi connectivity index (χ4v) is 5.86. The van der Waals surface area contributed by atoms with Gasteiger partial charge >= 0.3 is 0 Å². The Labute approximate surface area is 140 Å². The van der Waals surface area contributed by atoms with Crippen molar-refractivity contribution in [1.82, 2.24) is 15.1 Å². The van der Waals surface area contributed by atoms with Crippen LogP contribution in [-0.2, 0) is 11.3 Å². The molecule has 0 saturated heterocycles. The van der Waals surface area contributed by atoms with Crippen LogP contribution in [0.4, 0.5) is 0 Å². The largest absolute Gasteiger partial charge is 0.354 e. The summed E-state index contributed by atoms with van der Waals surface area (Å²) in [5.74, 6) is 2.90. The highest BCUT2D eigenvalue weighted by molar-refractivity contribution is 9.10. The fourth-order valence-electron chi connectivity index (χ4n) is 5.57. The summed E-state index contributed by atoms with van der Waals surface area (Å²) in [6.45, 7) is 3.17. The van der Waals surface area contributed by atoms with E-state index in [0.29, 0.717) is 12.0 Å². The van der Waals surface area contributed by atoms with Gasteiger partial charge in [0.1, 0.15) is 6.54 Å². The number of nitrogens with one attached hydrogen (secondary N) is 1. The molecule has 1 amide bonds. The average molecular weight is 366 g/mol. The van der Waals surface area contributed by atoms with Crippen LogP contribution in [0.2, 0.25) is 0 Å². The van der Waals surface area contributed by atoms with Crippen molar-refractivity contribution in [1.29, 1.82) is 0 Å². The predicted octanol–water partition coefficient (Wildman–Crippen LogP) is 3.29. The monoisotopic (exact) mass is 365 g/mol. The van der Waals surface area contributed by atoms with Crippen LogP contribution in [-0.4, -0.2) is 22.2 Å². The van der Waals surface area contributed by atoms with Crippen LogP contribution >= 0.6 is 15.9 Å². The van der Waals surface area contributed by atoms with Gasteiger partial charge in [0, 0.05) is 6.54 Å². The quantitative estimate of drug-likeness (QED) is 0.889. The molecule has 1 aromatic rings. The van der Waals surface area contributed by atoms with Gasteiger partial charge in [0.2, 0.25) is 5.91 Å². The molecule has 4 fully saturated rings. The molecule has 0 unspecified atom stereocenters. The van der Waals surface area contributed by atoms with Crippen LogP contribution < -0.4 is 5.32 Å². The summed E-state index contributed by atoms with van der Waals surface area (Å²) in [6.07, 6.45) is 10.1. The molecule has 0 spiro atoms. The van der Waals surface area contributed by atoms with Gasteiger partial charge in [-0.05, 0) is 84.5 Å². The third kappa shape index (κ3) is 2.61. The Balaban J connectivity index is 1.36. The molecule has 4 bridgehead atoms. The molecular weight excluding hydrogens is 342 g/mol. The van der Waals surface area contributed by atoms with Crippen molar-refractivity contribution in [3.05, 3.63) is 16.4 Å². The first-order valence-corrected chi connectivity index (χ1v) is 9.27. The van der Waals surface area contributed by atoms with E-state index in [2.05, 4.69) is 26.3 Å². The average Bonchev–Trinajstić information content (AvgIpc) is 2.76. The van der Waals surface area contributed by atoms with E-state index in [4.69, 9.17) is 0 Å². The van der Waals surface area contributed by atoms with Crippen LogP contribution in [0.3, 0.4) is 0 Å². The third-order valence-corrected chi connectivity index (χ3v) is 6.94. The van der Waals surface area contributed by atoms with E-state index in [9.17, 15) is 4.79 Å². The highest BCUT2D eigenvalue weighted by atomic mass is 79.9. The third-order valence-electron chi connectivity index (χ3n) is 6.16.